The molecule has 10 aromatic carbocycles. The van der Waals surface area contributed by atoms with Crippen LogP contribution in [0.2, 0.25) is 0 Å². The van der Waals surface area contributed by atoms with Crippen molar-refractivity contribution in [2.75, 3.05) is 0 Å². The Hall–Kier alpha value is -8.77. The molecule has 0 atom stereocenters. The van der Waals surface area contributed by atoms with Crippen molar-refractivity contribution in [1.82, 2.24) is 19.5 Å². The van der Waals surface area contributed by atoms with Crippen LogP contribution >= 0.6 is 11.3 Å². The molecule has 0 saturated carbocycles. The molecule has 3 heterocycles. The zero-order valence-electron chi connectivity index (χ0n) is 36.8. The molecule has 0 aliphatic rings. The molecule has 4 nitrogen and oxygen atoms in total. The maximum atomic E-state index is 5.29. The lowest BCUT2D eigenvalue weighted by Gasteiger charge is -2.15. The Morgan fingerprint density at radius 2 is 0.676 bits per heavy atom. The number of aromatic nitrogens is 4. The third kappa shape index (κ3) is 6.96. The van der Waals surface area contributed by atoms with Gasteiger partial charge in [-0.25, -0.2) is 4.98 Å². The SMILES string of the molecule is c1ccc(-c2ccc(-c3nc(-c4ccc(-c5ccccc5)cc4)nc(-n4c5ccccc5c5cc(-c6ccccc6-c6ccccc6-c6ccc7sc8ccccc8c7c6)ccc54)n3)cc2)cc1. The highest BCUT2D eigenvalue weighted by Crippen LogP contribution is 2.43. The van der Waals surface area contributed by atoms with E-state index >= 15 is 0 Å². The fraction of sp³-hybridized carbons (Fsp3) is 0. The van der Waals surface area contributed by atoms with E-state index in [1.165, 1.54) is 48.0 Å². The normalized spacial score (nSPS) is 11.5. The molecule has 13 rings (SSSR count). The first-order valence-corrected chi connectivity index (χ1v) is 23.7. The molecule has 0 fully saturated rings. The number of fused-ring (bicyclic) bond motifs is 6. The van der Waals surface area contributed by atoms with Gasteiger partial charge in [-0.15, -0.1) is 11.3 Å². The van der Waals surface area contributed by atoms with Gasteiger partial charge >= 0.3 is 0 Å². The van der Waals surface area contributed by atoms with E-state index in [0.717, 1.165) is 60.8 Å². The Balaban J connectivity index is 0.947. The van der Waals surface area contributed by atoms with Gasteiger partial charge in [0.15, 0.2) is 11.6 Å². The molecule has 0 aliphatic carbocycles. The topological polar surface area (TPSA) is 43.6 Å². The van der Waals surface area contributed by atoms with E-state index in [-0.39, 0.29) is 0 Å². The summed E-state index contributed by atoms with van der Waals surface area (Å²) in [5.41, 5.74) is 15.6. The third-order valence-electron chi connectivity index (χ3n) is 13.1. The van der Waals surface area contributed by atoms with Crippen molar-refractivity contribution in [2.24, 2.45) is 0 Å². The van der Waals surface area contributed by atoms with Gasteiger partial charge in [-0.1, -0.05) is 206 Å². The van der Waals surface area contributed by atoms with Gasteiger partial charge in [-0.05, 0) is 92.0 Å². The van der Waals surface area contributed by atoms with E-state index in [0.29, 0.717) is 17.6 Å². The van der Waals surface area contributed by atoms with Crippen LogP contribution < -0.4 is 0 Å². The third-order valence-corrected chi connectivity index (χ3v) is 14.3. The summed E-state index contributed by atoms with van der Waals surface area (Å²) in [6, 6.07) is 86.5. The number of rotatable bonds is 8. The van der Waals surface area contributed by atoms with E-state index in [2.05, 4.69) is 235 Å². The van der Waals surface area contributed by atoms with E-state index in [4.69, 9.17) is 15.0 Å². The first-order chi connectivity index (χ1) is 33.7. The second-order valence-electron chi connectivity index (χ2n) is 17.2. The molecule has 0 N–H and O–H groups in total. The number of hydrogen-bond acceptors (Lipinski definition) is 4. The monoisotopic (exact) mass is 884 g/mol. The molecule has 0 bridgehead atoms. The van der Waals surface area contributed by atoms with Crippen LogP contribution in [0.5, 0.6) is 0 Å². The number of benzene rings is 10. The van der Waals surface area contributed by atoms with Crippen LogP contribution in [0.1, 0.15) is 0 Å². The maximum absolute atomic E-state index is 5.29. The maximum Gasteiger partial charge on any atom is 0.238 e. The van der Waals surface area contributed by atoms with Crippen LogP contribution in [0.25, 0.3) is 126 Å². The van der Waals surface area contributed by atoms with Crippen LogP contribution in [0.4, 0.5) is 0 Å². The minimum atomic E-state index is 0.563. The highest BCUT2D eigenvalue weighted by atomic mass is 32.1. The first kappa shape index (κ1) is 39.6. The van der Waals surface area contributed by atoms with Crippen LogP contribution in [0.3, 0.4) is 0 Å². The van der Waals surface area contributed by atoms with Crippen molar-refractivity contribution in [3.63, 3.8) is 0 Å². The summed E-state index contributed by atoms with van der Waals surface area (Å²) in [6.45, 7) is 0. The molecule has 318 valence electrons. The largest absolute Gasteiger partial charge is 0.278 e. The lowest BCUT2D eigenvalue weighted by atomic mass is 9.89. The first-order valence-electron chi connectivity index (χ1n) is 22.9. The Morgan fingerprint density at radius 3 is 1.28 bits per heavy atom. The highest BCUT2D eigenvalue weighted by molar-refractivity contribution is 7.25. The van der Waals surface area contributed by atoms with Crippen LogP contribution in [0.15, 0.2) is 243 Å². The minimum Gasteiger partial charge on any atom is -0.278 e. The fourth-order valence-electron chi connectivity index (χ4n) is 9.80. The van der Waals surface area contributed by atoms with Crippen molar-refractivity contribution >= 4 is 53.3 Å². The summed E-state index contributed by atoms with van der Waals surface area (Å²) in [5, 5.41) is 4.85. The minimum absolute atomic E-state index is 0.563. The molecule has 0 saturated heterocycles. The Labute approximate surface area is 397 Å². The smallest absolute Gasteiger partial charge is 0.238 e. The van der Waals surface area contributed by atoms with Crippen molar-refractivity contribution in [1.29, 1.82) is 0 Å². The summed E-state index contributed by atoms with van der Waals surface area (Å²) >= 11 is 1.85. The lowest BCUT2D eigenvalue weighted by molar-refractivity contribution is 0.953. The van der Waals surface area contributed by atoms with Gasteiger partial charge in [0.2, 0.25) is 5.95 Å². The van der Waals surface area contributed by atoms with Crippen molar-refractivity contribution in [3.8, 4) is 84.4 Å². The highest BCUT2D eigenvalue weighted by Gasteiger charge is 2.20. The van der Waals surface area contributed by atoms with Crippen molar-refractivity contribution in [3.05, 3.63) is 243 Å². The molecule has 0 amide bonds. The second-order valence-corrected chi connectivity index (χ2v) is 18.2. The van der Waals surface area contributed by atoms with Gasteiger partial charge in [-0.2, -0.15) is 9.97 Å². The van der Waals surface area contributed by atoms with E-state index < -0.39 is 0 Å². The predicted octanol–water partition coefficient (Wildman–Crippen LogP) is 17.0. The Bertz CT molecular complexity index is 3900. The van der Waals surface area contributed by atoms with Crippen LogP contribution in [0, 0.1) is 0 Å². The van der Waals surface area contributed by atoms with Crippen molar-refractivity contribution < 1.29 is 0 Å². The average molecular weight is 885 g/mol. The quantitative estimate of drug-likeness (QED) is 0.153. The summed E-state index contributed by atoms with van der Waals surface area (Å²) in [5.74, 6) is 1.78. The number of para-hydroxylation sites is 1. The molecule has 3 aromatic heterocycles. The van der Waals surface area contributed by atoms with Gasteiger partial charge in [0.05, 0.1) is 11.0 Å². The number of thiophene rings is 1. The second kappa shape index (κ2) is 16.6. The van der Waals surface area contributed by atoms with Gasteiger partial charge in [0.1, 0.15) is 0 Å². The molecule has 5 heteroatoms. The van der Waals surface area contributed by atoms with E-state index in [9.17, 15) is 0 Å². The molecule has 0 unspecified atom stereocenters. The summed E-state index contributed by atoms with van der Waals surface area (Å²) < 4.78 is 4.82. The van der Waals surface area contributed by atoms with Crippen molar-refractivity contribution in [2.45, 2.75) is 0 Å². The standard InChI is InChI=1S/C63H40N4S/c1-3-15-41(16-4-1)43-27-31-45(32-28-43)61-64-62(46-33-29-44(30-34-46)42-17-5-2-6-18-42)66-63(65-61)67-57-25-13-11-23-53(57)55-39-47(35-37-58(55)67)49-19-7-9-21-51(49)52-22-10-8-20-50(52)48-36-38-60-56(40-48)54-24-12-14-26-59(54)68-60/h1-40H. The zero-order chi connectivity index (χ0) is 45.0. The molecule has 13 aromatic rings. The van der Waals surface area contributed by atoms with Crippen LogP contribution in [-0.4, -0.2) is 19.5 Å². The van der Waals surface area contributed by atoms with E-state index in [1.807, 2.05) is 23.5 Å². The Kier molecular flexibility index (Phi) is 9.66. The van der Waals surface area contributed by atoms with Crippen LogP contribution in [-0.2, 0) is 0 Å². The fourth-order valence-corrected chi connectivity index (χ4v) is 10.9. The molecule has 0 radical (unpaired) electrons. The zero-order valence-corrected chi connectivity index (χ0v) is 37.6. The summed E-state index contributed by atoms with van der Waals surface area (Å²) in [7, 11) is 0. The summed E-state index contributed by atoms with van der Waals surface area (Å²) in [6.07, 6.45) is 0. The van der Waals surface area contributed by atoms with Gasteiger partial charge < -0.3 is 0 Å². The molecular formula is C63H40N4S. The van der Waals surface area contributed by atoms with Gasteiger partial charge in [0.25, 0.3) is 0 Å². The van der Waals surface area contributed by atoms with Gasteiger partial charge in [-0.3, -0.25) is 4.57 Å². The Morgan fingerprint density at radius 1 is 0.265 bits per heavy atom. The molecule has 0 aliphatic heterocycles. The predicted molar refractivity (Wildman–Crippen MR) is 285 cm³/mol. The summed E-state index contributed by atoms with van der Waals surface area (Å²) in [4.78, 5) is 15.7. The molecular weight excluding hydrogens is 845 g/mol. The lowest BCUT2D eigenvalue weighted by Crippen LogP contribution is -2.06. The number of hydrogen-bond donors (Lipinski definition) is 0. The van der Waals surface area contributed by atoms with Gasteiger partial charge in [0, 0.05) is 42.1 Å². The van der Waals surface area contributed by atoms with E-state index in [1.54, 1.807) is 0 Å². The number of nitrogens with zero attached hydrogens (tertiary/aromatic N) is 4. The molecule has 0 spiro atoms. The average Bonchev–Trinajstić information content (AvgIpc) is 3.96. The molecule has 68 heavy (non-hydrogen) atoms.